The Labute approximate surface area is 156 Å². The lowest BCUT2D eigenvalue weighted by molar-refractivity contribution is -0.114. The zero-order chi connectivity index (χ0) is 20.3. The van der Waals surface area contributed by atoms with Crippen molar-refractivity contribution in [2.24, 2.45) is 0 Å². The number of aliphatic hydroxyl groups is 2. The molecule has 4 rings (SSSR count). The van der Waals surface area contributed by atoms with Crippen LogP contribution in [-0.2, 0) is 9.59 Å². The van der Waals surface area contributed by atoms with Gasteiger partial charge in [-0.25, -0.2) is 0 Å². The van der Waals surface area contributed by atoms with Crippen molar-refractivity contribution in [1.82, 2.24) is 0 Å². The number of ketones is 4. The molecule has 0 aromatic heterocycles. The molecule has 138 valence electrons. The highest BCUT2D eigenvalue weighted by atomic mass is 16.3. The summed E-state index contributed by atoms with van der Waals surface area (Å²) in [6.07, 6.45) is 0. The Kier molecular flexibility index (Phi) is 3.47. The van der Waals surface area contributed by atoms with E-state index in [0.29, 0.717) is 0 Å². The van der Waals surface area contributed by atoms with Crippen LogP contribution in [0.5, 0.6) is 11.5 Å². The lowest BCUT2D eigenvalue weighted by Crippen LogP contribution is -2.32. The zero-order valence-electron chi connectivity index (χ0n) is 13.9. The summed E-state index contributed by atoms with van der Waals surface area (Å²) < 4.78 is 0. The molecule has 0 aliphatic heterocycles. The Morgan fingerprint density at radius 2 is 0.857 bits per heavy atom. The van der Waals surface area contributed by atoms with E-state index >= 15 is 0 Å². The highest BCUT2D eigenvalue weighted by molar-refractivity contribution is 6.60. The summed E-state index contributed by atoms with van der Waals surface area (Å²) in [6, 6.07) is 7.38. The van der Waals surface area contributed by atoms with Crippen molar-refractivity contribution in [3.05, 3.63) is 69.8 Å². The SMILES string of the molecule is O=C1C(=O)c2c(O)cccc2C(O)=C1C1=C(O)c2cccc(O)c2C(=O)C1=O. The molecule has 2 aliphatic rings. The van der Waals surface area contributed by atoms with E-state index in [-0.39, 0.29) is 11.1 Å². The number of aliphatic hydroxyl groups excluding tert-OH is 2. The standard InChI is InChI=1S/C20H10O8/c21-9-5-1-3-7-11(9)17(25)19(27)13(15(7)23)14-16(24)8-4-2-6-10(22)12(8)18(26)20(14)28/h1-6,21-24H. The lowest BCUT2D eigenvalue weighted by atomic mass is 9.78. The van der Waals surface area contributed by atoms with Crippen molar-refractivity contribution in [1.29, 1.82) is 0 Å². The topological polar surface area (TPSA) is 149 Å². The van der Waals surface area contributed by atoms with Crippen LogP contribution in [0.3, 0.4) is 0 Å². The predicted octanol–water partition coefficient (Wildman–Crippen LogP) is 1.87. The minimum atomic E-state index is -1.36. The third-order valence-corrected chi connectivity index (χ3v) is 4.64. The molecule has 0 bridgehead atoms. The highest BCUT2D eigenvalue weighted by Crippen LogP contribution is 2.41. The van der Waals surface area contributed by atoms with E-state index in [2.05, 4.69) is 0 Å². The van der Waals surface area contributed by atoms with Crippen LogP contribution in [0.2, 0.25) is 0 Å². The molecule has 28 heavy (non-hydrogen) atoms. The number of hydrogen-bond donors (Lipinski definition) is 4. The van der Waals surface area contributed by atoms with Crippen LogP contribution >= 0.6 is 0 Å². The Morgan fingerprint density at radius 3 is 1.21 bits per heavy atom. The molecular formula is C20H10O8. The van der Waals surface area contributed by atoms with Gasteiger partial charge >= 0.3 is 0 Å². The molecule has 0 fully saturated rings. The molecule has 0 spiro atoms. The van der Waals surface area contributed by atoms with E-state index in [1.807, 2.05) is 0 Å². The Morgan fingerprint density at radius 1 is 0.500 bits per heavy atom. The second-order valence-electron chi connectivity index (χ2n) is 6.16. The van der Waals surface area contributed by atoms with Gasteiger partial charge < -0.3 is 20.4 Å². The third-order valence-electron chi connectivity index (χ3n) is 4.64. The number of benzene rings is 2. The molecule has 8 heteroatoms. The van der Waals surface area contributed by atoms with Gasteiger partial charge in [-0.15, -0.1) is 0 Å². The number of rotatable bonds is 1. The number of allylic oxidation sites excluding steroid dienone is 2. The van der Waals surface area contributed by atoms with Crippen molar-refractivity contribution >= 4 is 34.7 Å². The maximum absolute atomic E-state index is 12.6. The van der Waals surface area contributed by atoms with E-state index in [9.17, 15) is 39.6 Å². The van der Waals surface area contributed by atoms with Crippen molar-refractivity contribution in [3.8, 4) is 11.5 Å². The molecule has 0 radical (unpaired) electrons. The Hall–Kier alpha value is -4.20. The fourth-order valence-electron chi connectivity index (χ4n) is 3.35. The predicted molar refractivity (Wildman–Crippen MR) is 94.0 cm³/mol. The van der Waals surface area contributed by atoms with Crippen LogP contribution in [0.15, 0.2) is 47.5 Å². The summed E-state index contributed by atoms with van der Waals surface area (Å²) >= 11 is 0. The van der Waals surface area contributed by atoms with E-state index in [0.717, 1.165) is 12.1 Å². The van der Waals surface area contributed by atoms with Gasteiger partial charge in [-0.3, -0.25) is 19.2 Å². The van der Waals surface area contributed by atoms with Gasteiger partial charge in [-0.2, -0.15) is 0 Å². The summed E-state index contributed by atoms with van der Waals surface area (Å²) in [7, 11) is 0. The molecule has 0 saturated carbocycles. The number of hydrogen-bond acceptors (Lipinski definition) is 8. The summed E-state index contributed by atoms with van der Waals surface area (Å²) in [5.41, 5.74) is -3.01. The average Bonchev–Trinajstić information content (AvgIpc) is 2.66. The minimum absolute atomic E-state index is 0.221. The number of fused-ring (bicyclic) bond motifs is 2. The van der Waals surface area contributed by atoms with Crippen molar-refractivity contribution in [2.75, 3.05) is 0 Å². The highest BCUT2D eigenvalue weighted by Gasteiger charge is 2.44. The van der Waals surface area contributed by atoms with Gasteiger partial charge in [-0.05, 0) is 12.1 Å². The van der Waals surface area contributed by atoms with E-state index in [1.165, 1.54) is 24.3 Å². The van der Waals surface area contributed by atoms with Crippen LogP contribution in [0, 0.1) is 0 Å². The van der Waals surface area contributed by atoms with Crippen LogP contribution < -0.4 is 0 Å². The molecule has 0 atom stereocenters. The number of Topliss-reactive ketones (excluding diaryl/α,β-unsaturated/α-hetero) is 4. The molecular weight excluding hydrogens is 368 g/mol. The lowest BCUT2D eigenvalue weighted by Gasteiger charge is -2.23. The molecule has 0 amide bonds. The van der Waals surface area contributed by atoms with Gasteiger partial charge in [0.25, 0.3) is 0 Å². The third kappa shape index (κ3) is 2.05. The molecule has 2 aromatic rings. The van der Waals surface area contributed by atoms with E-state index < -0.39 is 68.4 Å². The fourth-order valence-corrected chi connectivity index (χ4v) is 3.35. The first-order valence-electron chi connectivity index (χ1n) is 7.95. The van der Waals surface area contributed by atoms with Crippen LogP contribution in [-0.4, -0.2) is 43.6 Å². The van der Waals surface area contributed by atoms with Crippen molar-refractivity contribution < 1.29 is 39.6 Å². The Bertz CT molecular complexity index is 1120. The largest absolute Gasteiger partial charge is 0.507 e. The first kappa shape index (κ1) is 17.2. The average molecular weight is 378 g/mol. The number of aromatic hydroxyl groups is 2. The first-order chi connectivity index (χ1) is 13.3. The van der Waals surface area contributed by atoms with Crippen LogP contribution in [0.25, 0.3) is 11.5 Å². The quantitative estimate of drug-likeness (QED) is 0.549. The molecule has 0 heterocycles. The number of carbonyl (C=O) groups is 4. The molecule has 8 nitrogen and oxygen atoms in total. The summed E-state index contributed by atoms with van der Waals surface area (Å²) in [4.78, 5) is 50.1. The summed E-state index contributed by atoms with van der Waals surface area (Å²) in [6.45, 7) is 0. The van der Waals surface area contributed by atoms with Crippen LogP contribution in [0.4, 0.5) is 0 Å². The zero-order valence-corrected chi connectivity index (χ0v) is 13.9. The smallest absolute Gasteiger partial charge is 0.238 e. The molecule has 0 saturated heterocycles. The van der Waals surface area contributed by atoms with Gasteiger partial charge in [0.2, 0.25) is 23.1 Å². The molecule has 2 aromatic carbocycles. The van der Waals surface area contributed by atoms with Crippen molar-refractivity contribution in [2.45, 2.75) is 0 Å². The molecule has 0 unspecified atom stereocenters. The normalized spacial score (nSPS) is 16.4. The number of phenolic OH excluding ortho intramolecular Hbond substituents is 2. The van der Waals surface area contributed by atoms with E-state index in [1.54, 1.807) is 0 Å². The monoisotopic (exact) mass is 378 g/mol. The Balaban J connectivity index is 2.08. The van der Waals surface area contributed by atoms with Gasteiger partial charge in [0.05, 0.1) is 22.3 Å². The first-order valence-corrected chi connectivity index (χ1v) is 7.95. The van der Waals surface area contributed by atoms with Gasteiger partial charge in [0.15, 0.2) is 0 Å². The van der Waals surface area contributed by atoms with Gasteiger partial charge in [0.1, 0.15) is 23.0 Å². The van der Waals surface area contributed by atoms with E-state index in [4.69, 9.17) is 0 Å². The number of carbonyl (C=O) groups excluding carboxylic acids is 4. The summed E-state index contributed by atoms with van der Waals surface area (Å²) in [5, 5.41) is 40.8. The van der Waals surface area contributed by atoms with Gasteiger partial charge in [-0.1, -0.05) is 24.3 Å². The molecule has 2 aliphatic carbocycles. The number of phenols is 2. The van der Waals surface area contributed by atoms with Crippen LogP contribution in [0.1, 0.15) is 31.8 Å². The summed E-state index contributed by atoms with van der Waals surface area (Å²) in [5.74, 6) is -7.88. The second kappa shape index (κ2) is 5.65. The maximum atomic E-state index is 12.6. The molecule has 4 N–H and O–H groups in total. The van der Waals surface area contributed by atoms with Gasteiger partial charge in [0, 0.05) is 11.1 Å². The second-order valence-corrected chi connectivity index (χ2v) is 6.16. The minimum Gasteiger partial charge on any atom is -0.507 e. The fraction of sp³-hybridized carbons (Fsp3) is 0. The van der Waals surface area contributed by atoms with Crippen molar-refractivity contribution in [3.63, 3.8) is 0 Å². The maximum Gasteiger partial charge on any atom is 0.238 e.